The first-order chi connectivity index (χ1) is 8.87. The molecule has 0 saturated carbocycles. The van der Waals surface area contributed by atoms with Gasteiger partial charge in [-0.1, -0.05) is 29.8 Å². The fourth-order valence-electron chi connectivity index (χ4n) is 1.31. The first-order valence-corrected chi connectivity index (χ1v) is 6.77. The lowest BCUT2D eigenvalue weighted by Crippen LogP contribution is -2.50. The van der Waals surface area contributed by atoms with Crippen LogP contribution in [0.3, 0.4) is 0 Å². The van der Waals surface area contributed by atoms with Crippen LogP contribution in [0.25, 0.3) is 0 Å². The van der Waals surface area contributed by atoms with Gasteiger partial charge >= 0.3 is 0 Å². The lowest BCUT2D eigenvalue weighted by molar-refractivity contribution is -0.124. The van der Waals surface area contributed by atoms with E-state index in [1.165, 1.54) is 0 Å². The van der Waals surface area contributed by atoms with E-state index in [9.17, 15) is 4.79 Å². The van der Waals surface area contributed by atoms with E-state index in [0.717, 1.165) is 4.47 Å². The van der Waals surface area contributed by atoms with Crippen LogP contribution in [0.4, 0.5) is 0 Å². The van der Waals surface area contributed by atoms with Crippen molar-refractivity contribution in [3.05, 3.63) is 28.7 Å². The van der Waals surface area contributed by atoms with Gasteiger partial charge in [0.15, 0.2) is 6.61 Å². The standard InChI is InChI=1S/C14H17BrN2O2/c1-10(2)14(3,9-16)17-13(18)8-19-12-6-4-11(15)5-7-12/h4-7,10H,8H2,1-3H3,(H,17,18). The summed E-state index contributed by atoms with van der Waals surface area (Å²) >= 11 is 3.32. The van der Waals surface area contributed by atoms with Crippen LogP contribution in [0, 0.1) is 17.2 Å². The summed E-state index contributed by atoms with van der Waals surface area (Å²) in [4.78, 5) is 11.8. The highest BCUT2D eigenvalue weighted by Crippen LogP contribution is 2.17. The molecule has 1 amide bonds. The fraction of sp³-hybridized carbons (Fsp3) is 0.429. The topological polar surface area (TPSA) is 62.1 Å². The summed E-state index contributed by atoms with van der Waals surface area (Å²) in [6.07, 6.45) is 0. The summed E-state index contributed by atoms with van der Waals surface area (Å²) < 4.78 is 6.30. The maximum Gasteiger partial charge on any atom is 0.259 e. The molecule has 1 aromatic carbocycles. The van der Waals surface area contributed by atoms with Crippen LogP contribution in [0.1, 0.15) is 20.8 Å². The molecular weight excluding hydrogens is 308 g/mol. The third-order valence-corrected chi connectivity index (χ3v) is 3.50. The van der Waals surface area contributed by atoms with Gasteiger partial charge in [0.05, 0.1) is 6.07 Å². The molecule has 0 saturated heterocycles. The molecule has 0 aliphatic carbocycles. The van der Waals surface area contributed by atoms with Gasteiger partial charge in [0.25, 0.3) is 5.91 Å². The molecule has 1 rings (SSSR count). The number of nitriles is 1. The lowest BCUT2D eigenvalue weighted by Gasteiger charge is -2.27. The highest BCUT2D eigenvalue weighted by atomic mass is 79.9. The molecule has 5 heteroatoms. The molecule has 1 N–H and O–H groups in total. The Bertz CT molecular complexity index is 479. The number of ether oxygens (including phenoxy) is 1. The van der Waals surface area contributed by atoms with E-state index in [1.54, 1.807) is 19.1 Å². The lowest BCUT2D eigenvalue weighted by atomic mass is 9.90. The number of carbonyl (C=O) groups is 1. The largest absolute Gasteiger partial charge is 0.484 e. The Hall–Kier alpha value is -1.54. The van der Waals surface area contributed by atoms with Gasteiger partial charge in [-0.2, -0.15) is 5.26 Å². The molecule has 1 atom stereocenters. The fourth-order valence-corrected chi connectivity index (χ4v) is 1.57. The quantitative estimate of drug-likeness (QED) is 0.905. The summed E-state index contributed by atoms with van der Waals surface area (Å²) in [5.74, 6) is 0.330. The molecule has 0 heterocycles. The first-order valence-electron chi connectivity index (χ1n) is 5.98. The monoisotopic (exact) mass is 324 g/mol. The number of hydrogen-bond donors (Lipinski definition) is 1. The maximum absolute atomic E-state index is 11.8. The zero-order valence-corrected chi connectivity index (χ0v) is 12.8. The van der Waals surface area contributed by atoms with Crippen molar-refractivity contribution in [1.82, 2.24) is 5.32 Å². The second kappa shape index (κ2) is 6.58. The highest BCUT2D eigenvalue weighted by Gasteiger charge is 2.29. The molecular formula is C14H17BrN2O2. The first kappa shape index (κ1) is 15.5. The molecule has 102 valence electrons. The Kier molecular flexibility index (Phi) is 5.37. The number of hydrogen-bond acceptors (Lipinski definition) is 3. The second-order valence-electron chi connectivity index (χ2n) is 4.76. The smallest absolute Gasteiger partial charge is 0.259 e. The third-order valence-electron chi connectivity index (χ3n) is 2.97. The van der Waals surface area contributed by atoms with Gasteiger partial charge < -0.3 is 10.1 Å². The van der Waals surface area contributed by atoms with Crippen LogP contribution < -0.4 is 10.1 Å². The normalized spacial score (nSPS) is 13.5. The number of carbonyl (C=O) groups excluding carboxylic acids is 1. The van der Waals surface area contributed by atoms with E-state index >= 15 is 0 Å². The third kappa shape index (κ3) is 4.56. The predicted octanol–water partition coefficient (Wildman–Crippen LogP) is 2.88. The van der Waals surface area contributed by atoms with Crippen LogP contribution in [0.15, 0.2) is 28.7 Å². The van der Waals surface area contributed by atoms with Crippen molar-refractivity contribution in [2.75, 3.05) is 6.61 Å². The van der Waals surface area contributed by atoms with Crippen molar-refractivity contribution >= 4 is 21.8 Å². The second-order valence-corrected chi connectivity index (χ2v) is 5.68. The Morgan fingerprint density at radius 2 is 2.05 bits per heavy atom. The molecule has 0 fully saturated rings. The molecule has 4 nitrogen and oxygen atoms in total. The van der Waals surface area contributed by atoms with Crippen molar-refractivity contribution < 1.29 is 9.53 Å². The van der Waals surface area contributed by atoms with Gasteiger partial charge in [0.2, 0.25) is 0 Å². The Labute approximate surface area is 121 Å². The van der Waals surface area contributed by atoms with Crippen molar-refractivity contribution in [3.63, 3.8) is 0 Å². The van der Waals surface area contributed by atoms with Crippen LogP contribution in [-0.2, 0) is 4.79 Å². The molecule has 0 aliphatic heterocycles. The van der Waals surface area contributed by atoms with E-state index in [2.05, 4.69) is 27.3 Å². The van der Waals surface area contributed by atoms with E-state index in [-0.39, 0.29) is 18.4 Å². The Morgan fingerprint density at radius 3 is 2.53 bits per heavy atom. The van der Waals surface area contributed by atoms with Crippen molar-refractivity contribution in [2.45, 2.75) is 26.3 Å². The highest BCUT2D eigenvalue weighted by molar-refractivity contribution is 9.10. The molecule has 1 unspecified atom stereocenters. The van der Waals surface area contributed by atoms with Gasteiger partial charge in [-0.3, -0.25) is 4.79 Å². The van der Waals surface area contributed by atoms with Crippen LogP contribution in [0.2, 0.25) is 0 Å². The number of amides is 1. The van der Waals surface area contributed by atoms with Gasteiger partial charge in [-0.15, -0.1) is 0 Å². The van der Waals surface area contributed by atoms with Gasteiger partial charge in [0.1, 0.15) is 11.3 Å². The average molecular weight is 325 g/mol. The van der Waals surface area contributed by atoms with Crippen LogP contribution in [-0.4, -0.2) is 18.1 Å². The minimum atomic E-state index is -0.875. The van der Waals surface area contributed by atoms with Crippen molar-refractivity contribution in [2.24, 2.45) is 5.92 Å². The molecule has 0 spiro atoms. The predicted molar refractivity (Wildman–Crippen MR) is 76.6 cm³/mol. The summed E-state index contributed by atoms with van der Waals surface area (Å²) in [6, 6.07) is 9.32. The molecule has 19 heavy (non-hydrogen) atoms. The van der Waals surface area contributed by atoms with Gasteiger partial charge in [-0.25, -0.2) is 0 Å². The van der Waals surface area contributed by atoms with Gasteiger partial charge in [-0.05, 0) is 37.1 Å². The number of rotatable bonds is 5. The van der Waals surface area contributed by atoms with Crippen molar-refractivity contribution in [1.29, 1.82) is 5.26 Å². The molecule has 0 aliphatic rings. The molecule has 0 aromatic heterocycles. The minimum absolute atomic E-state index is 0.0223. The molecule has 0 bridgehead atoms. The number of benzene rings is 1. The number of nitrogens with zero attached hydrogens (tertiary/aromatic N) is 1. The van der Waals surface area contributed by atoms with Crippen molar-refractivity contribution in [3.8, 4) is 11.8 Å². The Balaban J connectivity index is 2.53. The molecule has 1 aromatic rings. The number of nitrogens with one attached hydrogen (secondary N) is 1. The maximum atomic E-state index is 11.8. The number of halogens is 1. The zero-order valence-electron chi connectivity index (χ0n) is 11.2. The van der Waals surface area contributed by atoms with Crippen LogP contribution in [0.5, 0.6) is 5.75 Å². The summed E-state index contributed by atoms with van der Waals surface area (Å²) in [5, 5.41) is 11.8. The molecule has 0 radical (unpaired) electrons. The van der Waals surface area contributed by atoms with E-state index < -0.39 is 5.54 Å². The van der Waals surface area contributed by atoms with E-state index in [1.807, 2.05) is 26.0 Å². The van der Waals surface area contributed by atoms with E-state index in [4.69, 9.17) is 10.00 Å². The summed E-state index contributed by atoms with van der Waals surface area (Å²) in [7, 11) is 0. The summed E-state index contributed by atoms with van der Waals surface area (Å²) in [6.45, 7) is 5.37. The average Bonchev–Trinajstić information content (AvgIpc) is 2.37. The SMILES string of the molecule is CC(C)C(C)(C#N)NC(=O)COc1ccc(Br)cc1. The van der Waals surface area contributed by atoms with E-state index in [0.29, 0.717) is 5.75 Å². The Morgan fingerprint density at radius 1 is 1.47 bits per heavy atom. The van der Waals surface area contributed by atoms with Gasteiger partial charge in [0, 0.05) is 4.47 Å². The zero-order chi connectivity index (χ0) is 14.5. The summed E-state index contributed by atoms with van der Waals surface area (Å²) in [5.41, 5.74) is -0.875. The van der Waals surface area contributed by atoms with Crippen LogP contribution >= 0.6 is 15.9 Å². The minimum Gasteiger partial charge on any atom is -0.484 e.